The van der Waals surface area contributed by atoms with Gasteiger partial charge in [-0.2, -0.15) is 0 Å². The Bertz CT molecular complexity index is 245. The Kier molecular flexibility index (Phi) is 12.4. The summed E-state index contributed by atoms with van der Waals surface area (Å²) >= 11 is 0. The van der Waals surface area contributed by atoms with Crippen LogP contribution in [-0.4, -0.2) is 22.9 Å². The molecule has 15 heavy (non-hydrogen) atoms. The van der Waals surface area contributed by atoms with Gasteiger partial charge in [0.15, 0.2) is 0 Å². The normalized spacial score (nSPS) is 7.27. The number of nitrogens with one attached hydrogen (secondary N) is 1. The Balaban J connectivity index is 0. The van der Waals surface area contributed by atoms with E-state index in [2.05, 4.69) is 37.5 Å². The van der Waals surface area contributed by atoms with Crippen LogP contribution in [0.25, 0.3) is 0 Å². The van der Waals surface area contributed by atoms with Crippen LogP contribution in [0.4, 0.5) is 10.5 Å². The van der Waals surface area contributed by atoms with Crippen molar-refractivity contribution in [2.75, 3.05) is 11.9 Å². The van der Waals surface area contributed by atoms with Gasteiger partial charge in [-0.3, -0.25) is 0 Å². The van der Waals surface area contributed by atoms with E-state index in [0.717, 1.165) is 6.54 Å². The summed E-state index contributed by atoms with van der Waals surface area (Å²) in [7, 11) is 0. The maximum Gasteiger partial charge on any atom is 0.503 e. The molecule has 0 aliphatic heterocycles. The van der Waals surface area contributed by atoms with Crippen LogP contribution in [0.3, 0.4) is 0 Å². The molecule has 0 bridgehead atoms. The van der Waals surface area contributed by atoms with E-state index in [9.17, 15) is 0 Å². The van der Waals surface area contributed by atoms with Crippen molar-refractivity contribution in [3.63, 3.8) is 0 Å². The molecule has 0 aliphatic rings. The number of benzene rings is 1. The van der Waals surface area contributed by atoms with E-state index in [-0.39, 0.29) is 0 Å². The minimum absolute atomic E-state index is 0.990. The van der Waals surface area contributed by atoms with E-state index in [1.54, 1.807) is 0 Å². The molecule has 3 N–H and O–H groups in total. The van der Waals surface area contributed by atoms with Crippen LogP contribution in [-0.2, 0) is 0 Å². The van der Waals surface area contributed by atoms with E-state index >= 15 is 0 Å². The predicted molar refractivity (Wildman–Crippen MR) is 62.5 cm³/mol. The van der Waals surface area contributed by atoms with Crippen LogP contribution in [0.5, 0.6) is 0 Å². The lowest BCUT2D eigenvalue weighted by Gasteiger charge is -1.99. The summed E-state index contributed by atoms with van der Waals surface area (Å²) in [6.45, 7) is 9.08. The van der Waals surface area contributed by atoms with Crippen molar-refractivity contribution in [3.8, 4) is 0 Å². The molecule has 0 aromatic heterocycles. The Morgan fingerprint density at radius 3 is 2.00 bits per heavy atom. The van der Waals surface area contributed by atoms with E-state index < -0.39 is 6.16 Å². The molecule has 1 rings (SSSR count). The number of anilines is 1. The third kappa shape index (κ3) is 14.8. The lowest BCUT2D eigenvalue weighted by atomic mass is 10.3. The van der Waals surface area contributed by atoms with Crippen molar-refractivity contribution in [2.24, 2.45) is 0 Å². The Morgan fingerprint density at radius 1 is 1.27 bits per heavy atom. The highest BCUT2D eigenvalue weighted by atomic mass is 16.6. The second kappa shape index (κ2) is 12.0. The van der Waals surface area contributed by atoms with E-state index in [0.29, 0.717) is 0 Å². The van der Waals surface area contributed by atoms with Gasteiger partial charge in [0.2, 0.25) is 0 Å². The topological polar surface area (TPSA) is 69.6 Å². The Labute approximate surface area is 89.9 Å². The molecule has 0 radical (unpaired) electrons. The van der Waals surface area contributed by atoms with Gasteiger partial charge >= 0.3 is 6.16 Å². The molecule has 0 spiro atoms. The summed E-state index contributed by atoms with van der Waals surface area (Å²) in [5.74, 6) is 0. The van der Waals surface area contributed by atoms with Crippen molar-refractivity contribution in [2.45, 2.75) is 6.92 Å². The number of para-hydroxylation sites is 1. The van der Waals surface area contributed by atoms with Gasteiger partial charge < -0.3 is 15.5 Å². The molecule has 84 valence electrons. The second-order valence-electron chi connectivity index (χ2n) is 2.18. The van der Waals surface area contributed by atoms with Crippen LogP contribution in [0.15, 0.2) is 43.5 Å². The zero-order chi connectivity index (χ0) is 12.1. The van der Waals surface area contributed by atoms with Crippen LogP contribution >= 0.6 is 0 Å². The lowest BCUT2D eigenvalue weighted by molar-refractivity contribution is 0.137. The molecule has 4 nitrogen and oxygen atoms in total. The number of hydrogen-bond donors (Lipinski definition) is 3. The maximum absolute atomic E-state index is 8.56. The highest BCUT2D eigenvalue weighted by molar-refractivity contribution is 5.53. The lowest BCUT2D eigenvalue weighted by Crippen LogP contribution is -1.94. The highest BCUT2D eigenvalue weighted by Gasteiger charge is 1.81. The second-order valence-corrected chi connectivity index (χ2v) is 2.18. The molecule has 0 aliphatic carbocycles. The summed E-state index contributed by atoms with van der Waals surface area (Å²) in [5, 5.41) is 17.2. The van der Waals surface area contributed by atoms with Crippen LogP contribution in [0.1, 0.15) is 6.92 Å². The fourth-order valence-electron chi connectivity index (χ4n) is 0.760. The van der Waals surface area contributed by atoms with Gasteiger partial charge in [-0.1, -0.05) is 18.2 Å². The molecular formula is C11H17NO3. The Hall–Kier alpha value is -1.97. The first kappa shape index (κ1) is 15.5. The number of carboxylic acid groups (broad SMARTS) is 2. The van der Waals surface area contributed by atoms with Crippen molar-refractivity contribution >= 4 is 11.8 Å². The molecule has 0 saturated heterocycles. The van der Waals surface area contributed by atoms with Crippen LogP contribution in [0.2, 0.25) is 0 Å². The zero-order valence-corrected chi connectivity index (χ0v) is 8.81. The minimum atomic E-state index is -1.83. The first-order valence-electron chi connectivity index (χ1n) is 4.37. The summed E-state index contributed by atoms with van der Waals surface area (Å²) in [6, 6.07) is 10.2. The SMILES string of the molecule is C=C.CCNc1ccccc1.O=C(O)O. The molecule has 0 atom stereocenters. The molecule has 0 unspecified atom stereocenters. The largest absolute Gasteiger partial charge is 0.503 e. The van der Waals surface area contributed by atoms with E-state index in [1.807, 2.05) is 18.2 Å². The third-order valence-corrected chi connectivity index (χ3v) is 1.15. The Morgan fingerprint density at radius 2 is 1.67 bits per heavy atom. The minimum Gasteiger partial charge on any atom is -0.450 e. The molecular weight excluding hydrogens is 194 g/mol. The predicted octanol–water partition coefficient (Wildman–Crippen LogP) is 3.14. The van der Waals surface area contributed by atoms with Crippen LogP contribution in [0, 0.1) is 0 Å². The number of carbonyl (C=O) groups is 1. The van der Waals surface area contributed by atoms with Crippen molar-refractivity contribution < 1.29 is 15.0 Å². The van der Waals surface area contributed by atoms with Gasteiger partial charge in [-0.25, -0.2) is 4.79 Å². The highest BCUT2D eigenvalue weighted by Crippen LogP contribution is 2.02. The molecule has 1 aromatic rings. The van der Waals surface area contributed by atoms with Gasteiger partial charge in [0.1, 0.15) is 0 Å². The molecule has 0 fully saturated rings. The van der Waals surface area contributed by atoms with Gasteiger partial charge in [-0.15, -0.1) is 13.2 Å². The monoisotopic (exact) mass is 211 g/mol. The van der Waals surface area contributed by atoms with Gasteiger partial charge in [-0.05, 0) is 19.1 Å². The average Bonchev–Trinajstić information content (AvgIpc) is 2.22. The van der Waals surface area contributed by atoms with Gasteiger partial charge in [0.25, 0.3) is 0 Å². The standard InChI is InChI=1S/C8H11N.C2H4.CH2O3/c1-2-9-8-6-4-3-5-7-8;1-2;2-1(3)4/h3-7,9H,2H2,1H3;1-2H2;(H2,2,3,4). The van der Waals surface area contributed by atoms with E-state index in [1.165, 1.54) is 5.69 Å². The molecule has 4 heteroatoms. The summed E-state index contributed by atoms with van der Waals surface area (Å²) in [5.41, 5.74) is 1.19. The quantitative estimate of drug-likeness (QED) is 0.657. The van der Waals surface area contributed by atoms with Crippen LogP contribution < -0.4 is 5.32 Å². The smallest absolute Gasteiger partial charge is 0.450 e. The number of hydrogen-bond acceptors (Lipinski definition) is 2. The van der Waals surface area contributed by atoms with E-state index in [4.69, 9.17) is 15.0 Å². The third-order valence-electron chi connectivity index (χ3n) is 1.15. The summed E-state index contributed by atoms with van der Waals surface area (Å²) in [6.07, 6.45) is -1.83. The van der Waals surface area contributed by atoms with Crippen molar-refractivity contribution in [3.05, 3.63) is 43.5 Å². The van der Waals surface area contributed by atoms with Crippen molar-refractivity contribution in [1.29, 1.82) is 0 Å². The summed E-state index contributed by atoms with van der Waals surface area (Å²) in [4.78, 5) is 8.56. The molecule has 1 aromatic carbocycles. The molecule has 0 saturated carbocycles. The molecule has 0 heterocycles. The molecule has 0 amide bonds. The fraction of sp³-hybridized carbons (Fsp3) is 0.182. The average molecular weight is 211 g/mol. The first-order valence-corrected chi connectivity index (χ1v) is 4.37. The van der Waals surface area contributed by atoms with Crippen molar-refractivity contribution in [1.82, 2.24) is 0 Å². The maximum atomic E-state index is 8.56. The van der Waals surface area contributed by atoms with Gasteiger partial charge in [0, 0.05) is 12.2 Å². The number of rotatable bonds is 2. The fourth-order valence-corrected chi connectivity index (χ4v) is 0.760. The van der Waals surface area contributed by atoms with Gasteiger partial charge in [0.05, 0.1) is 0 Å². The first-order chi connectivity index (χ1) is 7.16. The summed E-state index contributed by atoms with van der Waals surface area (Å²) < 4.78 is 0. The zero-order valence-electron chi connectivity index (χ0n) is 8.81.